The first-order chi connectivity index (χ1) is 8.97. The quantitative estimate of drug-likeness (QED) is 0.602. The fourth-order valence-corrected chi connectivity index (χ4v) is 3.15. The minimum Gasteiger partial charge on any atom is -0.488 e. The van der Waals surface area contributed by atoms with Crippen molar-refractivity contribution in [3.63, 3.8) is 0 Å². The number of thiophene rings is 1. The second kappa shape index (κ2) is 5.71. The van der Waals surface area contributed by atoms with E-state index < -0.39 is 0 Å². The molecule has 0 fully saturated rings. The summed E-state index contributed by atoms with van der Waals surface area (Å²) in [5.41, 5.74) is 1.64. The Labute approximate surface area is 123 Å². The van der Waals surface area contributed by atoms with E-state index in [1.54, 1.807) is 24.3 Å². The number of halogens is 1. The standard InChI is InChI=1S/C13H12BrNO3S/c1-8-5-9(2)12(6-11(8)15(16)17)18-7-10-3-4-13(14)19-10/h3-6H,7H2,1-2H3. The lowest BCUT2D eigenvalue weighted by atomic mass is 10.1. The van der Waals surface area contributed by atoms with Gasteiger partial charge in [0.15, 0.2) is 0 Å². The lowest BCUT2D eigenvalue weighted by Gasteiger charge is -2.09. The fourth-order valence-electron chi connectivity index (χ4n) is 1.75. The summed E-state index contributed by atoms with van der Waals surface area (Å²) < 4.78 is 6.71. The zero-order valence-electron chi connectivity index (χ0n) is 10.5. The van der Waals surface area contributed by atoms with E-state index in [0.29, 0.717) is 17.9 Å². The summed E-state index contributed by atoms with van der Waals surface area (Å²) in [6.07, 6.45) is 0. The minimum atomic E-state index is -0.386. The van der Waals surface area contributed by atoms with Gasteiger partial charge in [-0.05, 0) is 53.5 Å². The number of rotatable bonds is 4. The van der Waals surface area contributed by atoms with Crippen LogP contribution in [0.15, 0.2) is 28.1 Å². The van der Waals surface area contributed by atoms with Crippen molar-refractivity contribution in [2.75, 3.05) is 0 Å². The smallest absolute Gasteiger partial charge is 0.276 e. The Kier molecular flexibility index (Phi) is 4.21. The third-order valence-corrected chi connectivity index (χ3v) is 4.29. The van der Waals surface area contributed by atoms with Crippen LogP contribution in [0.5, 0.6) is 5.75 Å². The molecule has 0 aliphatic heterocycles. The predicted octanol–water partition coefficient (Wildman–Crippen LogP) is 4.61. The molecule has 100 valence electrons. The van der Waals surface area contributed by atoms with Crippen LogP contribution in [0.3, 0.4) is 0 Å². The van der Waals surface area contributed by atoms with E-state index in [1.165, 1.54) is 6.07 Å². The Morgan fingerprint density at radius 2 is 2.05 bits per heavy atom. The van der Waals surface area contributed by atoms with Crippen LogP contribution in [0.4, 0.5) is 5.69 Å². The van der Waals surface area contributed by atoms with Gasteiger partial charge < -0.3 is 4.74 Å². The van der Waals surface area contributed by atoms with E-state index in [2.05, 4.69) is 15.9 Å². The highest BCUT2D eigenvalue weighted by atomic mass is 79.9. The van der Waals surface area contributed by atoms with E-state index in [-0.39, 0.29) is 10.6 Å². The highest BCUT2D eigenvalue weighted by molar-refractivity contribution is 9.11. The number of ether oxygens (including phenoxy) is 1. The van der Waals surface area contributed by atoms with Gasteiger partial charge in [0.25, 0.3) is 5.69 Å². The molecule has 0 aliphatic carbocycles. The number of nitro benzene ring substituents is 1. The van der Waals surface area contributed by atoms with Crippen molar-refractivity contribution < 1.29 is 9.66 Å². The van der Waals surface area contributed by atoms with E-state index in [4.69, 9.17) is 4.74 Å². The van der Waals surface area contributed by atoms with Crippen molar-refractivity contribution in [1.29, 1.82) is 0 Å². The third kappa shape index (κ3) is 3.33. The Morgan fingerprint density at radius 3 is 2.63 bits per heavy atom. The molecule has 0 saturated carbocycles. The molecule has 0 amide bonds. The zero-order chi connectivity index (χ0) is 14.0. The van der Waals surface area contributed by atoms with Crippen LogP contribution in [0.2, 0.25) is 0 Å². The second-order valence-electron chi connectivity index (χ2n) is 4.16. The number of nitrogens with zero attached hydrogens (tertiary/aromatic N) is 1. The molecule has 2 aromatic rings. The lowest BCUT2D eigenvalue weighted by Crippen LogP contribution is -1.98. The minimum absolute atomic E-state index is 0.0907. The molecule has 1 aromatic carbocycles. The van der Waals surface area contributed by atoms with Gasteiger partial charge in [0.05, 0.1) is 14.8 Å². The molecule has 0 radical (unpaired) electrons. The molecular weight excluding hydrogens is 330 g/mol. The van der Waals surface area contributed by atoms with Crippen LogP contribution in [0.25, 0.3) is 0 Å². The molecule has 0 atom stereocenters. The van der Waals surface area contributed by atoms with Crippen LogP contribution in [0, 0.1) is 24.0 Å². The van der Waals surface area contributed by atoms with E-state index >= 15 is 0 Å². The molecule has 0 saturated heterocycles. The monoisotopic (exact) mass is 341 g/mol. The number of hydrogen-bond acceptors (Lipinski definition) is 4. The van der Waals surface area contributed by atoms with Gasteiger partial charge in [0.1, 0.15) is 12.4 Å². The van der Waals surface area contributed by atoms with Crippen LogP contribution in [0.1, 0.15) is 16.0 Å². The highest BCUT2D eigenvalue weighted by Gasteiger charge is 2.14. The summed E-state index contributed by atoms with van der Waals surface area (Å²) in [7, 11) is 0. The first kappa shape index (κ1) is 14.0. The summed E-state index contributed by atoms with van der Waals surface area (Å²) in [5.74, 6) is 0.557. The van der Waals surface area contributed by atoms with E-state index in [0.717, 1.165) is 14.2 Å². The van der Waals surface area contributed by atoms with Gasteiger partial charge in [-0.25, -0.2) is 0 Å². The average Bonchev–Trinajstić information content (AvgIpc) is 2.73. The molecule has 1 aromatic heterocycles. The maximum absolute atomic E-state index is 10.9. The van der Waals surface area contributed by atoms with Crippen molar-refractivity contribution in [2.45, 2.75) is 20.5 Å². The molecule has 4 nitrogen and oxygen atoms in total. The number of nitro groups is 1. The molecule has 0 spiro atoms. The van der Waals surface area contributed by atoms with Crippen molar-refractivity contribution in [3.8, 4) is 5.75 Å². The predicted molar refractivity (Wildman–Crippen MR) is 78.9 cm³/mol. The summed E-state index contributed by atoms with van der Waals surface area (Å²) in [6, 6.07) is 7.19. The fraction of sp³-hybridized carbons (Fsp3) is 0.231. The molecule has 1 heterocycles. The molecule has 2 rings (SSSR count). The average molecular weight is 342 g/mol. The Morgan fingerprint density at radius 1 is 1.32 bits per heavy atom. The molecule has 0 unspecified atom stereocenters. The van der Waals surface area contributed by atoms with E-state index in [1.807, 2.05) is 19.1 Å². The number of aryl methyl sites for hydroxylation is 2. The van der Waals surface area contributed by atoms with E-state index in [9.17, 15) is 10.1 Å². The number of benzene rings is 1. The highest BCUT2D eigenvalue weighted by Crippen LogP contribution is 2.29. The summed E-state index contributed by atoms with van der Waals surface area (Å²) >= 11 is 4.97. The Bertz CT molecular complexity index is 624. The summed E-state index contributed by atoms with van der Waals surface area (Å²) in [6.45, 7) is 4.03. The number of hydrogen-bond donors (Lipinski definition) is 0. The van der Waals surface area contributed by atoms with Gasteiger partial charge >= 0.3 is 0 Å². The normalized spacial score (nSPS) is 10.5. The maximum atomic E-state index is 10.9. The van der Waals surface area contributed by atoms with Gasteiger partial charge in [-0.3, -0.25) is 10.1 Å². The van der Waals surface area contributed by atoms with Gasteiger partial charge in [-0.2, -0.15) is 0 Å². The maximum Gasteiger partial charge on any atom is 0.276 e. The SMILES string of the molecule is Cc1cc(C)c([N+](=O)[O-])cc1OCc1ccc(Br)s1. The third-order valence-electron chi connectivity index (χ3n) is 2.69. The van der Waals surface area contributed by atoms with Crippen molar-refractivity contribution in [2.24, 2.45) is 0 Å². The van der Waals surface area contributed by atoms with Crippen molar-refractivity contribution in [3.05, 3.63) is 54.2 Å². The first-order valence-electron chi connectivity index (χ1n) is 5.60. The Balaban J connectivity index is 2.20. The lowest BCUT2D eigenvalue weighted by molar-refractivity contribution is -0.385. The van der Waals surface area contributed by atoms with Crippen LogP contribution in [-0.4, -0.2) is 4.92 Å². The van der Waals surface area contributed by atoms with Gasteiger partial charge in [0.2, 0.25) is 0 Å². The molecule has 19 heavy (non-hydrogen) atoms. The van der Waals surface area contributed by atoms with Crippen molar-refractivity contribution >= 4 is 33.0 Å². The molecular formula is C13H12BrNO3S. The zero-order valence-corrected chi connectivity index (χ0v) is 12.9. The topological polar surface area (TPSA) is 52.4 Å². The summed E-state index contributed by atoms with van der Waals surface area (Å²) in [4.78, 5) is 11.6. The first-order valence-corrected chi connectivity index (χ1v) is 7.21. The largest absolute Gasteiger partial charge is 0.488 e. The van der Waals surface area contributed by atoms with Gasteiger partial charge in [-0.15, -0.1) is 11.3 Å². The van der Waals surface area contributed by atoms with Gasteiger partial charge in [-0.1, -0.05) is 0 Å². The molecule has 6 heteroatoms. The van der Waals surface area contributed by atoms with Crippen LogP contribution < -0.4 is 4.74 Å². The second-order valence-corrected chi connectivity index (χ2v) is 6.70. The summed E-state index contributed by atoms with van der Waals surface area (Å²) in [5, 5.41) is 10.9. The molecule has 0 N–H and O–H groups in total. The Hall–Kier alpha value is -1.40. The van der Waals surface area contributed by atoms with Crippen LogP contribution in [-0.2, 0) is 6.61 Å². The molecule has 0 bridgehead atoms. The molecule has 0 aliphatic rings. The van der Waals surface area contributed by atoms with Crippen molar-refractivity contribution in [1.82, 2.24) is 0 Å². The van der Waals surface area contributed by atoms with Gasteiger partial charge in [0, 0.05) is 10.4 Å². The van der Waals surface area contributed by atoms with Crippen LogP contribution >= 0.6 is 27.3 Å².